The summed E-state index contributed by atoms with van der Waals surface area (Å²) in [5.41, 5.74) is 6.31. The van der Waals surface area contributed by atoms with Crippen LogP contribution in [0.5, 0.6) is 0 Å². The van der Waals surface area contributed by atoms with Crippen LogP contribution in [0.15, 0.2) is 42.1 Å². The smallest absolute Gasteiger partial charge is 0.228 e. The van der Waals surface area contributed by atoms with E-state index < -0.39 is 0 Å². The summed E-state index contributed by atoms with van der Waals surface area (Å²) in [5.74, 6) is -0.312. The number of ketones is 1. The highest BCUT2D eigenvalue weighted by atomic mass is 79.9. The van der Waals surface area contributed by atoms with Gasteiger partial charge in [0, 0.05) is 42.3 Å². The second kappa shape index (κ2) is 6.10. The summed E-state index contributed by atoms with van der Waals surface area (Å²) in [5, 5.41) is 1.86. The van der Waals surface area contributed by atoms with E-state index in [4.69, 9.17) is 0 Å². The van der Waals surface area contributed by atoms with Crippen LogP contribution in [0.2, 0.25) is 0 Å². The van der Waals surface area contributed by atoms with Crippen molar-refractivity contribution in [1.29, 1.82) is 0 Å². The quantitative estimate of drug-likeness (QED) is 0.567. The Hall–Kier alpha value is -1.94. The lowest BCUT2D eigenvalue weighted by molar-refractivity contribution is 0.0776. The number of alkyl halides is 1. The van der Waals surface area contributed by atoms with Crippen LogP contribution in [-0.2, 0) is 0 Å². The molecular formula is C20H19BrN2O2. The van der Waals surface area contributed by atoms with E-state index in [-0.39, 0.29) is 23.7 Å². The van der Waals surface area contributed by atoms with E-state index in [0.717, 1.165) is 40.3 Å². The second-order valence-corrected chi connectivity index (χ2v) is 7.46. The molecule has 1 aliphatic carbocycles. The molecular weight excluding hydrogens is 380 g/mol. The highest BCUT2D eigenvalue weighted by molar-refractivity contribution is 9.09. The number of carbonyl (C=O) groups is 2. The van der Waals surface area contributed by atoms with Gasteiger partial charge in [-0.3, -0.25) is 19.1 Å². The summed E-state index contributed by atoms with van der Waals surface area (Å²) < 4.78 is 1.60. The van der Waals surface area contributed by atoms with Gasteiger partial charge in [0.05, 0.1) is 17.1 Å². The number of Topliss-reactive ketones (excluding diaryl/α,β-unsaturated/α-hetero) is 1. The van der Waals surface area contributed by atoms with Crippen LogP contribution in [0.25, 0.3) is 10.9 Å². The van der Waals surface area contributed by atoms with E-state index in [1.807, 2.05) is 24.3 Å². The van der Waals surface area contributed by atoms with Crippen LogP contribution in [0, 0.1) is 5.92 Å². The van der Waals surface area contributed by atoms with Crippen LogP contribution < -0.4 is 0 Å². The second-order valence-electron chi connectivity index (χ2n) is 6.66. The minimum absolute atomic E-state index is 0.0299. The SMILES string of the molecule is C=C=C1CN(CCBr)[C@H]2C[C@@H]1C(=O)c1c2c2ccccc2n1C(C)=O. The average Bonchev–Trinajstić information content (AvgIpc) is 2.96. The van der Waals surface area contributed by atoms with Crippen molar-refractivity contribution in [3.63, 3.8) is 0 Å². The number of hydrogen-bond acceptors (Lipinski definition) is 3. The molecule has 0 N–H and O–H groups in total. The predicted molar refractivity (Wildman–Crippen MR) is 101 cm³/mol. The zero-order chi connectivity index (χ0) is 17.7. The number of nitrogens with zero attached hydrogens (tertiary/aromatic N) is 2. The number of carbonyl (C=O) groups excluding carboxylic acids is 2. The summed E-state index contributed by atoms with van der Waals surface area (Å²) in [6.07, 6.45) is 0.739. The van der Waals surface area contributed by atoms with Crippen LogP contribution in [0.4, 0.5) is 0 Å². The molecule has 0 saturated carbocycles. The summed E-state index contributed by atoms with van der Waals surface area (Å²) in [7, 11) is 0. The predicted octanol–water partition coefficient (Wildman–Crippen LogP) is 3.97. The van der Waals surface area contributed by atoms with Crippen LogP contribution in [-0.4, -0.2) is 39.6 Å². The fourth-order valence-electron chi connectivity index (χ4n) is 4.38. The topological polar surface area (TPSA) is 42.3 Å². The highest BCUT2D eigenvalue weighted by Gasteiger charge is 2.46. The standard InChI is InChI=1S/C20H19BrN2O2/c1-3-13-11-22(9-8-21)17-10-15(13)20(25)19-18(17)14-6-4-5-7-16(14)23(19)12(2)24/h4-7,15,17H,1,8-11H2,2H3/t15-,17-/m0/s1. The Bertz CT molecular complexity index is 952. The van der Waals surface area contributed by atoms with Crippen molar-refractivity contribution >= 4 is 38.5 Å². The Kier molecular flexibility index (Phi) is 4.03. The lowest BCUT2D eigenvalue weighted by Gasteiger charge is -2.43. The first-order valence-electron chi connectivity index (χ1n) is 8.45. The van der Waals surface area contributed by atoms with Gasteiger partial charge in [0.2, 0.25) is 5.91 Å². The van der Waals surface area contributed by atoms with E-state index in [1.165, 1.54) is 6.92 Å². The Morgan fingerprint density at radius 3 is 2.84 bits per heavy atom. The maximum absolute atomic E-state index is 13.3. The molecule has 0 spiro atoms. The monoisotopic (exact) mass is 398 g/mol. The van der Waals surface area contributed by atoms with E-state index >= 15 is 0 Å². The van der Waals surface area contributed by atoms with Gasteiger partial charge in [0.1, 0.15) is 0 Å². The number of hydrogen-bond donors (Lipinski definition) is 0. The first kappa shape index (κ1) is 16.5. The van der Waals surface area contributed by atoms with Crippen molar-refractivity contribution in [3.8, 4) is 0 Å². The van der Waals surface area contributed by atoms with E-state index in [0.29, 0.717) is 12.2 Å². The van der Waals surface area contributed by atoms with E-state index in [1.54, 1.807) is 4.57 Å². The minimum atomic E-state index is -0.219. The van der Waals surface area contributed by atoms with Gasteiger partial charge < -0.3 is 0 Å². The Morgan fingerprint density at radius 2 is 2.16 bits per heavy atom. The summed E-state index contributed by atoms with van der Waals surface area (Å²) in [6, 6.07) is 7.96. The van der Waals surface area contributed by atoms with Crippen molar-refractivity contribution in [3.05, 3.63) is 53.4 Å². The number of rotatable bonds is 2. The van der Waals surface area contributed by atoms with Gasteiger partial charge in [-0.25, -0.2) is 0 Å². The molecule has 2 aromatic rings. The lowest BCUT2D eigenvalue weighted by Crippen LogP contribution is -2.45. The number of para-hydroxylation sites is 1. The van der Waals surface area contributed by atoms with Crippen molar-refractivity contribution < 1.29 is 9.59 Å². The lowest BCUT2D eigenvalue weighted by atomic mass is 9.74. The van der Waals surface area contributed by atoms with Gasteiger partial charge in [0.25, 0.3) is 0 Å². The fourth-order valence-corrected chi connectivity index (χ4v) is 4.83. The third kappa shape index (κ3) is 2.30. The first-order chi connectivity index (χ1) is 12.1. The molecule has 2 atom stereocenters. The molecule has 4 rings (SSSR count). The van der Waals surface area contributed by atoms with Crippen LogP contribution in [0.3, 0.4) is 0 Å². The molecule has 1 aliphatic heterocycles. The highest BCUT2D eigenvalue weighted by Crippen LogP contribution is 2.47. The molecule has 1 aromatic heterocycles. The van der Waals surface area contributed by atoms with Gasteiger partial charge in [0.15, 0.2) is 5.78 Å². The maximum atomic E-state index is 13.3. The number of halogens is 1. The molecule has 128 valence electrons. The number of benzene rings is 1. The van der Waals surface area contributed by atoms with Crippen LogP contribution in [0.1, 0.15) is 40.2 Å². The third-order valence-corrected chi connectivity index (χ3v) is 5.76. The largest absolute Gasteiger partial charge is 0.292 e. The Balaban J connectivity index is 2.05. The van der Waals surface area contributed by atoms with E-state index in [2.05, 4.69) is 33.1 Å². The summed E-state index contributed by atoms with van der Waals surface area (Å²) in [6.45, 7) is 6.88. The molecule has 1 fully saturated rings. The van der Waals surface area contributed by atoms with Gasteiger partial charge in [-0.2, -0.15) is 0 Å². The van der Waals surface area contributed by atoms with Crippen molar-refractivity contribution in [2.24, 2.45) is 5.92 Å². The summed E-state index contributed by atoms with van der Waals surface area (Å²) in [4.78, 5) is 28.0. The van der Waals surface area contributed by atoms with Crippen molar-refractivity contribution in [2.75, 3.05) is 18.4 Å². The van der Waals surface area contributed by atoms with Gasteiger partial charge in [-0.1, -0.05) is 40.7 Å². The number of piperidine rings is 1. The molecule has 2 bridgehead atoms. The van der Waals surface area contributed by atoms with Gasteiger partial charge in [-0.15, -0.1) is 5.73 Å². The first-order valence-corrected chi connectivity index (χ1v) is 9.58. The Morgan fingerprint density at radius 1 is 1.40 bits per heavy atom. The molecule has 1 aromatic carbocycles. The maximum Gasteiger partial charge on any atom is 0.228 e. The average molecular weight is 399 g/mol. The normalized spacial score (nSPS) is 22.8. The molecule has 5 heteroatoms. The van der Waals surface area contributed by atoms with Crippen molar-refractivity contribution in [1.82, 2.24) is 9.47 Å². The van der Waals surface area contributed by atoms with Crippen molar-refractivity contribution in [2.45, 2.75) is 19.4 Å². The number of fused-ring (bicyclic) bond motifs is 6. The molecule has 0 unspecified atom stereocenters. The number of likely N-dealkylation sites (tertiary alicyclic amines) is 1. The molecule has 1 saturated heterocycles. The molecule has 2 aliphatic rings. The van der Waals surface area contributed by atoms with Gasteiger partial charge >= 0.3 is 0 Å². The molecule has 0 radical (unpaired) electrons. The number of aromatic nitrogens is 1. The minimum Gasteiger partial charge on any atom is -0.292 e. The zero-order valence-electron chi connectivity index (χ0n) is 14.1. The van der Waals surface area contributed by atoms with Gasteiger partial charge in [-0.05, 0) is 18.1 Å². The molecule has 25 heavy (non-hydrogen) atoms. The summed E-state index contributed by atoms with van der Waals surface area (Å²) >= 11 is 3.53. The zero-order valence-corrected chi connectivity index (χ0v) is 15.7. The Labute approximate surface area is 154 Å². The molecule has 0 amide bonds. The molecule has 4 nitrogen and oxygen atoms in total. The third-order valence-electron chi connectivity index (χ3n) is 5.40. The molecule has 2 heterocycles. The van der Waals surface area contributed by atoms with E-state index in [9.17, 15) is 9.59 Å². The van der Waals surface area contributed by atoms with Crippen LogP contribution >= 0.6 is 15.9 Å². The fraction of sp³-hybridized carbons (Fsp3) is 0.350.